The standard InChI is InChI=1S/C19H22ClN3O2/c1-13-3-2-4-14(9-13)10-18(24)23-16-5-7-17(8-6-16)25-19-21-11-15(20)12-22-19/h2-4,9,11-12,16-17H,5-8,10H2,1H3,(H,23,24). The molecule has 0 saturated heterocycles. The summed E-state index contributed by atoms with van der Waals surface area (Å²) in [5, 5.41) is 3.63. The molecule has 5 nitrogen and oxygen atoms in total. The van der Waals surface area contributed by atoms with E-state index in [2.05, 4.69) is 21.4 Å². The van der Waals surface area contributed by atoms with Crippen molar-refractivity contribution < 1.29 is 9.53 Å². The lowest BCUT2D eigenvalue weighted by Crippen LogP contribution is -2.40. The van der Waals surface area contributed by atoms with Gasteiger partial charge in [-0.15, -0.1) is 0 Å². The molecule has 1 aliphatic rings. The van der Waals surface area contributed by atoms with E-state index in [1.807, 2.05) is 25.1 Å². The summed E-state index contributed by atoms with van der Waals surface area (Å²) in [7, 11) is 0. The van der Waals surface area contributed by atoms with E-state index in [-0.39, 0.29) is 18.1 Å². The topological polar surface area (TPSA) is 64.1 Å². The highest BCUT2D eigenvalue weighted by Gasteiger charge is 2.24. The van der Waals surface area contributed by atoms with Crippen molar-refractivity contribution in [3.05, 3.63) is 52.8 Å². The lowest BCUT2D eigenvalue weighted by molar-refractivity contribution is -0.121. The van der Waals surface area contributed by atoms with E-state index in [4.69, 9.17) is 16.3 Å². The number of aryl methyl sites for hydroxylation is 1. The molecule has 1 aromatic heterocycles. The van der Waals surface area contributed by atoms with Crippen molar-refractivity contribution in [2.45, 2.75) is 51.2 Å². The number of ether oxygens (including phenoxy) is 1. The van der Waals surface area contributed by atoms with E-state index in [1.165, 1.54) is 18.0 Å². The predicted molar refractivity (Wildman–Crippen MR) is 96.7 cm³/mol. The Labute approximate surface area is 152 Å². The van der Waals surface area contributed by atoms with E-state index in [0.29, 0.717) is 17.5 Å². The minimum atomic E-state index is 0.0796. The van der Waals surface area contributed by atoms with Gasteiger partial charge in [-0.3, -0.25) is 4.79 Å². The van der Waals surface area contributed by atoms with Crippen LogP contribution in [0.5, 0.6) is 6.01 Å². The van der Waals surface area contributed by atoms with Gasteiger partial charge in [-0.2, -0.15) is 0 Å². The molecule has 25 heavy (non-hydrogen) atoms. The average molecular weight is 360 g/mol. The van der Waals surface area contributed by atoms with Crippen molar-refractivity contribution in [2.75, 3.05) is 0 Å². The van der Waals surface area contributed by atoms with Gasteiger partial charge in [0, 0.05) is 6.04 Å². The third-order valence-electron chi connectivity index (χ3n) is 4.36. The largest absolute Gasteiger partial charge is 0.460 e. The maximum atomic E-state index is 12.2. The second-order valence-electron chi connectivity index (χ2n) is 6.51. The monoisotopic (exact) mass is 359 g/mol. The molecule has 1 aromatic carbocycles. The van der Waals surface area contributed by atoms with Crippen molar-refractivity contribution in [3.8, 4) is 6.01 Å². The minimum absolute atomic E-state index is 0.0796. The third-order valence-corrected chi connectivity index (χ3v) is 4.55. The Morgan fingerprint density at radius 3 is 2.64 bits per heavy atom. The zero-order valence-electron chi connectivity index (χ0n) is 14.2. The van der Waals surface area contributed by atoms with E-state index in [1.54, 1.807) is 0 Å². The fourth-order valence-electron chi connectivity index (χ4n) is 3.12. The predicted octanol–water partition coefficient (Wildman–Crippen LogP) is 3.49. The molecule has 1 fully saturated rings. The molecule has 1 aliphatic carbocycles. The van der Waals surface area contributed by atoms with Crippen LogP contribution in [0.1, 0.15) is 36.8 Å². The zero-order chi connectivity index (χ0) is 17.6. The number of amides is 1. The highest BCUT2D eigenvalue weighted by Crippen LogP contribution is 2.22. The van der Waals surface area contributed by atoms with Crippen LogP contribution in [0, 0.1) is 6.92 Å². The van der Waals surface area contributed by atoms with Crippen LogP contribution in [-0.4, -0.2) is 28.0 Å². The summed E-state index contributed by atoms with van der Waals surface area (Å²) in [4.78, 5) is 20.3. The number of hydrogen-bond donors (Lipinski definition) is 1. The van der Waals surface area contributed by atoms with E-state index in [0.717, 1.165) is 31.2 Å². The van der Waals surface area contributed by atoms with Gasteiger partial charge in [-0.05, 0) is 38.2 Å². The van der Waals surface area contributed by atoms with Gasteiger partial charge < -0.3 is 10.1 Å². The first-order valence-electron chi connectivity index (χ1n) is 8.57. The van der Waals surface area contributed by atoms with Gasteiger partial charge in [0.05, 0.1) is 23.8 Å². The van der Waals surface area contributed by atoms with Crippen molar-refractivity contribution in [1.82, 2.24) is 15.3 Å². The van der Waals surface area contributed by atoms with Crippen LogP contribution < -0.4 is 10.1 Å². The Kier molecular flexibility index (Phi) is 5.87. The Morgan fingerprint density at radius 2 is 1.96 bits per heavy atom. The summed E-state index contributed by atoms with van der Waals surface area (Å²) in [6, 6.07) is 8.63. The summed E-state index contributed by atoms with van der Waals surface area (Å²) in [6.07, 6.45) is 7.13. The fraction of sp³-hybridized carbons (Fsp3) is 0.421. The molecule has 2 aromatic rings. The van der Waals surface area contributed by atoms with E-state index in [9.17, 15) is 4.79 Å². The van der Waals surface area contributed by atoms with Crippen LogP contribution in [0.3, 0.4) is 0 Å². The minimum Gasteiger partial charge on any atom is -0.460 e. The number of rotatable bonds is 5. The first-order chi connectivity index (χ1) is 12.1. The van der Waals surface area contributed by atoms with Gasteiger partial charge in [0.15, 0.2) is 0 Å². The van der Waals surface area contributed by atoms with Gasteiger partial charge in [-0.1, -0.05) is 41.4 Å². The quantitative estimate of drug-likeness (QED) is 0.887. The van der Waals surface area contributed by atoms with Gasteiger partial charge in [0.2, 0.25) is 5.91 Å². The molecule has 0 spiro atoms. The number of carbonyl (C=O) groups is 1. The van der Waals surface area contributed by atoms with Crippen LogP contribution in [0.15, 0.2) is 36.7 Å². The molecule has 1 amide bonds. The van der Waals surface area contributed by atoms with E-state index >= 15 is 0 Å². The highest BCUT2D eigenvalue weighted by molar-refractivity contribution is 6.30. The van der Waals surface area contributed by atoms with Crippen LogP contribution >= 0.6 is 11.6 Å². The maximum Gasteiger partial charge on any atom is 0.316 e. The van der Waals surface area contributed by atoms with Crippen molar-refractivity contribution in [2.24, 2.45) is 0 Å². The fourth-order valence-corrected chi connectivity index (χ4v) is 3.22. The molecular weight excluding hydrogens is 338 g/mol. The molecule has 6 heteroatoms. The highest BCUT2D eigenvalue weighted by atomic mass is 35.5. The second-order valence-corrected chi connectivity index (χ2v) is 6.95. The van der Waals surface area contributed by atoms with Gasteiger partial charge in [0.25, 0.3) is 0 Å². The molecule has 0 aliphatic heterocycles. The Hall–Kier alpha value is -2.14. The Balaban J connectivity index is 1.42. The van der Waals surface area contributed by atoms with Gasteiger partial charge >= 0.3 is 6.01 Å². The zero-order valence-corrected chi connectivity index (χ0v) is 15.0. The summed E-state index contributed by atoms with van der Waals surface area (Å²) in [5.74, 6) is 0.0796. The Morgan fingerprint density at radius 1 is 1.24 bits per heavy atom. The summed E-state index contributed by atoms with van der Waals surface area (Å²) in [6.45, 7) is 2.03. The van der Waals surface area contributed by atoms with Crippen molar-refractivity contribution in [1.29, 1.82) is 0 Å². The number of hydrogen-bond acceptors (Lipinski definition) is 4. The first kappa shape index (κ1) is 17.7. The SMILES string of the molecule is Cc1cccc(CC(=O)NC2CCC(Oc3ncc(Cl)cn3)CC2)c1. The van der Waals surface area contributed by atoms with Crippen molar-refractivity contribution >= 4 is 17.5 Å². The lowest BCUT2D eigenvalue weighted by atomic mass is 9.92. The normalized spacial score (nSPS) is 20.1. The number of carbonyl (C=O) groups excluding carboxylic acids is 1. The molecule has 0 atom stereocenters. The molecule has 0 unspecified atom stereocenters. The lowest BCUT2D eigenvalue weighted by Gasteiger charge is -2.28. The van der Waals surface area contributed by atoms with Gasteiger partial charge in [0.1, 0.15) is 6.10 Å². The molecule has 1 saturated carbocycles. The van der Waals surface area contributed by atoms with Crippen molar-refractivity contribution in [3.63, 3.8) is 0 Å². The number of aromatic nitrogens is 2. The smallest absolute Gasteiger partial charge is 0.316 e. The van der Waals surface area contributed by atoms with Crippen LogP contribution in [-0.2, 0) is 11.2 Å². The second kappa shape index (κ2) is 8.30. The first-order valence-corrected chi connectivity index (χ1v) is 8.95. The third kappa shape index (κ3) is 5.43. The Bertz CT molecular complexity index is 713. The number of benzene rings is 1. The van der Waals surface area contributed by atoms with Crippen LogP contribution in [0.4, 0.5) is 0 Å². The molecule has 1 N–H and O–H groups in total. The molecule has 0 radical (unpaired) electrons. The van der Waals surface area contributed by atoms with Gasteiger partial charge in [-0.25, -0.2) is 9.97 Å². The van der Waals surface area contributed by atoms with E-state index < -0.39 is 0 Å². The summed E-state index contributed by atoms with van der Waals surface area (Å²) in [5.41, 5.74) is 2.22. The number of nitrogens with one attached hydrogen (secondary N) is 1. The van der Waals surface area contributed by atoms with Crippen LogP contribution in [0.25, 0.3) is 0 Å². The molecule has 3 rings (SSSR count). The average Bonchev–Trinajstić information content (AvgIpc) is 2.59. The maximum absolute atomic E-state index is 12.2. The number of nitrogens with zero attached hydrogens (tertiary/aromatic N) is 2. The molecular formula is C19H22ClN3O2. The summed E-state index contributed by atoms with van der Waals surface area (Å²) < 4.78 is 5.78. The number of halogens is 1. The molecule has 1 heterocycles. The van der Waals surface area contributed by atoms with Crippen LogP contribution in [0.2, 0.25) is 5.02 Å². The summed E-state index contributed by atoms with van der Waals surface area (Å²) >= 11 is 5.77. The molecule has 132 valence electrons. The molecule has 0 bridgehead atoms.